The lowest BCUT2D eigenvalue weighted by Crippen LogP contribution is -2.32. The number of hydrogen-bond acceptors (Lipinski definition) is 4. The summed E-state index contributed by atoms with van der Waals surface area (Å²) >= 11 is 0. The van der Waals surface area contributed by atoms with Crippen LogP contribution in [-0.4, -0.2) is 34.5 Å². The Morgan fingerprint density at radius 3 is 2.44 bits per heavy atom. The molecule has 0 radical (unpaired) electrons. The van der Waals surface area contributed by atoms with Crippen molar-refractivity contribution in [2.24, 2.45) is 5.92 Å². The number of aromatic nitrogens is 1. The van der Waals surface area contributed by atoms with Crippen molar-refractivity contribution in [3.05, 3.63) is 52.9 Å². The van der Waals surface area contributed by atoms with E-state index in [9.17, 15) is 18.4 Å². The standard InChI is InChI=1S/C19H19F2N3O3/c20-13-5-12(6-14(21)7-13)19(26)24(15-3-4-15)10-16-8-17(23-27-16)18(25)22-9-11-1-2-11/h5-8,11,15H,1-4,9-10H2,(H,22,25). The summed E-state index contributed by atoms with van der Waals surface area (Å²) in [6.45, 7) is 0.712. The van der Waals surface area contributed by atoms with Crippen LogP contribution in [0.4, 0.5) is 8.78 Å². The van der Waals surface area contributed by atoms with Gasteiger partial charge in [-0.05, 0) is 43.7 Å². The molecule has 6 nitrogen and oxygen atoms in total. The average molecular weight is 375 g/mol. The Morgan fingerprint density at radius 2 is 1.81 bits per heavy atom. The van der Waals surface area contributed by atoms with Crippen LogP contribution in [0.2, 0.25) is 0 Å². The molecular formula is C19H19F2N3O3. The van der Waals surface area contributed by atoms with Gasteiger partial charge in [-0.1, -0.05) is 5.16 Å². The van der Waals surface area contributed by atoms with Gasteiger partial charge in [-0.2, -0.15) is 0 Å². The normalized spacial score (nSPS) is 16.2. The molecule has 4 rings (SSSR count). The fourth-order valence-corrected chi connectivity index (χ4v) is 2.91. The van der Waals surface area contributed by atoms with Gasteiger partial charge in [-0.25, -0.2) is 8.78 Å². The van der Waals surface area contributed by atoms with E-state index in [0.717, 1.165) is 43.9 Å². The molecule has 2 aliphatic carbocycles. The van der Waals surface area contributed by atoms with Gasteiger partial charge in [-0.15, -0.1) is 0 Å². The lowest BCUT2D eigenvalue weighted by molar-refractivity contribution is 0.0711. The maximum atomic E-state index is 13.4. The number of hydrogen-bond donors (Lipinski definition) is 1. The van der Waals surface area contributed by atoms with Crippen molar-refractivity contribution < 1.29 is 22.9 Å². The van der Waals surface area contributed by atoms with Crippen LogP contribution in [0.15, 0.2) is 28.8 Å². The van der Waals surface area contributed by atoms with Crippen LogP contribution in [0.1, 0.15) is 52.3 Å². The van der Waals surface area contributed by atoms with Crippen molar-refractivity contribution >= 4 is 11.8 Å². The summed E-state index contributed by atoms with van der Waals surface area (Å²) in [6.07, 6.45) is 3.88. The summed E-state index contributed by atoms with van der Waals surface area (Å²) in [6, 6.07) is 4.23. The molecule has 142 valence electrons. The zero-order valence-electron chi connectivity index (χ0n) is 14.6. The lowest BCUT2D eigenvalue weighted by atomic mass is 10.1. The molecule has 2 fully saturated rings. The van der Waals surface area contributed by atoms with Crippen molar-refractivity contribution in [1.82, 2.24) is 15.4 Å². The largest absolute Gasteiger partial charge is 0.359 e. The van der Waals surface area contributed by atoms with Gasteiger partial charge in [0.15, 0.2) is 11.5 Å². The predicted molar refractivity (Wildman–Crippen MR) is 90.8 cm³/mol. The first kappa shape index (κ1) is 17.6. The Morgan fingerprint density at radius 1 is 1.11 bits per heavy atom. The monoisotopic (exact) mass is 375 g/mol. The number of benzene rings is 1. The molecule has 2 amide bonds. The van der Waals surface area contributed by atoms with Crippen molar-refractivity contribution in [3.8, 4) is 0 Å². The maximum absolute atomic E-state index is 13.4. The minimum absolute atomic E-state index is 0.0129. The highest BCUT2D eigenvalue weighted by Crippen LogP contribution is 2.30. The number of halogens is 2. The number of nitrogens with one attached hydrogen (secondary N) is 1. The topological polar surface area (TPSA) is 75.4 Å². The summed E-state index contributed by atoms with van der Waals surface area (Å²) < 4.78 is 32.1. The molecule has 0 spiro atoms. The van der Waals surface area contributed by atoms with Gasteiger partial charge in [0.25, 0.3) is 11.8 Å². The Bertz CT molecular complexity index is 855. The van der Waals surface area contributed by atoms with Crippen LogP contribution in [0.3, 0.4) is 0 Å². The Labute approximate surface area is 154 Å². The van der Waals surface area contributed by atoms with E-state index in [1.54, 1.807) is 0 Å². The molecule has 0 bridgehead atoms. The number of nitrogens with zero attached hydrogens (tertiary/aromatic N) is 2. The second-order valence-corrected chi connectivity index (χ2v) is 7.15. The maximum Gasteiger partial charge on any atom is 0.273 e. The SMILES string of the molecule is O=C(NCC1CC1)c1cc(CN(C(=O)c2cc(F)cc(F)c2)C2CC2)on1. The molecule has 1 N–H and O–H groups in total. The van der Waals surface area contributed by atoms with Gasteiger partial charge < -0.3 is 14.7 Å². The van der Waals surface area contributed by atoms with E-state index in [4.69, 9.17) is 4.52 Å². The highest BCUT2D eigenvalue weighted by molar-refractivity contribution is 5.95. The molecule has 1 aromatic carbocycles. The Hall–Kier alpha value is -2.77. The van der Waals surface area contributed by atoms with Gasteiger partial charge in [0.05, 0.1) is 6.54 Å². The molecule has 1 heterocycles. The lowest BCUT2D eigenvalue weighted by Gasteiger charge is -2.21. The Kier molecular flexibility index (Phi) is 4.63. The summed E-state index contributed by atoms with van der Waals surface area (Å²) in [4.78, 5) is 26.3. The zero-order valence-corrected chi connectivity index (χ0v) is 14.6. The molecule has 8 heteroatoms. The van der Waals surface area contributed by atoms with E-state index in [1.807, 2.05) is 0 Å². The third kappa shape index (κ3) is 4.32. The van der Waals surface area contributed by atoms with Crippen molar-refractivity contribution in [3.63, 3.8) is 0 Å². The molecular weight excluding hydrogens is 356 g/mol. The second-order valence-electron chi connectivity index (χ2n) is 7.15. The number of rotatable bonds is 7. The number of carbonyl (C=O) groups is 2. The first-order chi connectivity index (χ1) is 13.0. The highest BCUT2D eigenvalue weighted by Gasteiger charge is 2.34. The quantitative estimate of drug-likeness (QED) is 0.807. The smallest absolute Gasteiger partial charge is 0.273 e. The van der Waals surface area contributed by atoms with E-state index in [2.05, 4.69) is 10.5 Å². The van der Waals surface area contributed by atoms with Gasteiger partial charge >= 0.3 is 0 Å². The van der Waals surface area contributed by atoms with E-state index in [0.29, 0.717) is 18.2 Å². The van der Waals surface area contributed by atoms with Crippen LogP contribution in [0.25, 0.3) is 0 Å². The number of amides is 2. The van der Waals surface area contributed by atoms with Crippen LogP contribution >= 0.6 is 0 Å². The third-order valence-corrected chi connectivity index (χ3v) is 4.72. The second kappa shape index (κ2) is 7.09. The molecule has 2 saturated carbocycles. The molecule has 0 aliphatic heterocycles. The van der Waals surface area contributed by atoms with E-state index in [-0.39, 0.29) is 29.8 Å². The zero-order chi connectivity index (χ0) is 19.0. The summed E-state index contributed by atoms with van der Waals surface area (Å²) in [5.41, 5.74) is 0.104. The van der Waals surface area contributed by atoms with E-state index >= 15 is 0 Å². The fraction of sp³-hybridized carbons (Fsp3) is 0.421. The van der Waals surface area contributed by atoms with Crippen molar-refractivity contribution in [1.29, 1.82) is 0 Å². The molecule has 1 aromatic heterocycles. The molecule has 0 atom stereocenters. The Balaban J connectivity index is 1.45. The van der Waals surface area contributed by atoms with E-state index in [1.165, 1.54) is 11.0 Å². The van der Waals surface area contributed by atoms with Gasteiger partial charge in [0, 0.05) is 30.3 Å². The summed E-state index contributed by atoms with van der Waals surface area (Å²) in [5, 5.41) is 6.56. The summed E-state index contributed by atoms with van der Waals surface area (Å²) in [7, 11) is 0. The van der Waals surface area contributed by atoms with Gasteiger partial charge in [0.1, 0.15) is 11.6 Å². The van der Waals surface area contributed by atoms with Crippen molar-refractivity contribution in [2.45, 2.75) is 38.3 Å². The minimum atomic E-state index is -0.802. The molecule has 0 unspecified atom stereocenters. The molecule has 2 aliphatic rings. The average Bonchev–Trinajstić information content (AvgIpc) is 3.55. The highest BCUT2D eigenvalue weighted by atomic mass is 19.1. The first-order valence-electron chi connectivity index (χ1n) is 9.00. The van der Waals surface area contributed by atoms with E-state index < -0.39 is 17.5 Å². The fourth-order valence-electron chi connectivity index (χ4n) is 2.91. The predicted octanol–water partition coefficient (Wildman–Crippen LogP) is 2.90. The van der Waals surface area contributed by atoms with Crippen LogP contribution in [0, 0.1) is 17.6 Å². The summed E-state index contributed by atoms with van der Waals surface area (Å²) in [5.74, 6) is -1.49. The van der Waals surface area contributed by atoms with Crippen LogP contribution in [0.5, 0.6) is 0 Å². The van der Waals surface area contributed by atoms with Crippen LogP contribution in [-0.2, 0) is 6.54 Å². The molecule has 2 aromatic rings. The first-order valence-corrected chi connectivity index (χ1v) is 9.00. The van der Waals surface area contributed by atoms with Gasteiger partial charge in [0.2, 0.25) is 0 Å². The van der Waals surface area contributed by atoms with Crippen LogP contribution < -0.4 is 5.32 Å². The third-order valence-electron chi connectivity index (χ3n) is 4.72. The van der Waals surface area contributed by atoms with Gasteiger partial charge in [-0.3, -0.25) is 9.59 Å². The number of carbonyl (C=O) groups excluding carboxylic acids is 2. The molecule has 27 heavy (non-hydrogen) atoms. The van der Waals surface area contributed by atoms with Crippen molar-refractivity contribution in [2.75, 3.05) is 6.54 Å². The minimum Gasteiger partial charge on any atom is -0.359 e. The molecule has 0 saturated heterocycles.